The first-order valence-corrected chi connectivity index (χ1v) is 7.00. The van der Waals surface area contributed by atoms with Crippen LogP contribution in [0.4, 0.5) is 10.5 Å². The molecule has 0 radical (unpaired) electrons. The van der Waals surface area contributed by atoms with Crippen molar-refractivity contribution in [3.63, 3.8) is 0 Å². The van der Waals surface area contributed by atoms with Crippen LogP contribution in [-0.4, -0.2) is 30.9 Å². The Morgan fingerprint density at radius 2 is 1.67 bits per heavy atom. The molecule has 2 N–H and O–H groups in total. The molecular weight excluding hydrogens is 268 g/mol. The summed E-state index contributed by atoms with van der Waals surface area (Å²) < 4.78 is 10.3. The van der Waals surface area contributed by atoms with Crippen molar-refractivity contribution in [1.29, 1.82) is 0 Å². The van der Waals surface area contributed by atoms with Gasteiger partial charge in [0, 0.05) is 17.8 Å². The van der Waals surface area contributed by atoms with Crippen LogP contribution in [0, 0.1) is 0 Å². The van der Waals surface area contributed by atoms with Crippen LogP contribution < -0.4 is 15.4 Å². The summed E-state index contributed by atoms with van der Waals surface area (Å²) in [5.41, 5.74) is 0.176. The molecule has 0 aliphatic heterocycles. The summed E-state index contributed by atoms with van der Waals surface area (Å²) in [6.07, 6.45) is -0.410. The highest BCUT2D eigenvalue weighted by molar-refractivity contribution is 5.67. The van der Waals surface area contributed by atoms with E-state index in [0.29, 0.717) is 6.54 Å². The predicted molar refractivity (Wildman–Crippen MR) is 84.9 cm³/mol. The molecule has 1 aromatic rings. The van der Waals surface area contributed by atoms with Gasteiger partial charge in [-0.1, -0.05) is 0 Å². The maximum Gasteiger partial charge on any atom is 0.407 e. The van der Waals surface area contributed by atoms with Gasteiger partial charge in [0.2, 0.25) is 0 Å². The first kappa shape index (κ1) is 17.1. The number of alkyl carbamates (subject to hydrolysis) is 1. The van der Waals surface area contributed by atoms with Crippen LogP contribution in [0.5, 0.6) is 5.75 Å². The van der Waals surface area contributed by atoms with E-state index in [0.717, 1.165) is 11.4 Å². The molecule has 0 bridgehead atoms. The Hall–Kier alpha value is -1.91. The van der Waals surface area contributed by atoms with Crippen molar-refractivity contribution in [2.75, 3.05) is 19.0 Å². The van der Waals surface area contributed by atoms with Gasteiger partial charge in [-0.05, 0) is 58.9 Å². The Morgan fingerprint density at radius 1 is 1.10 bits per heavy atom. The molecule has 0 atom stereocenters. The number of hydrogen-bond donors (Lipinski definition) is 2. The topological polar surface area (TPSA) is 59.6 Å². The number of ether oxygens (including phenoxy) is 2. The maximum absolute atomic E-state index is 11.7. The van der Waals surface area contributed by atoms with Crippen LogP contribution in [0.25, 0.3) is 0 Å². The molecule has 5 heteroatoms. The lowest BCUT2D eigenvalue weighted by molar-refractivity contribution is 0.0520. The van der Waals surface area contributed by atoms with E-state index in [4.69, 9.17) is 9.47 Å². The Morgan fingerprint density at radius 3 is 2.14 bits per heavy atom. The SMILES string of the molecule is COc1ccc(NC(C)(C)CNC(=O)OC(C)(C)C)cc1. The van der Waals surface area contributed by atoms with Crippen molar-refractivity contribution < 1.29 is 14.3 Å². The van der Waals surface area contributed by atoms with Gasteiger partial charge in [0.1, 0.15) is 11.4 Å². The van der Waals surface area contributed by atoms with E-state index in [1.165, 1.54) is 0 Å². The van der Waals surface area contributed by atoms with Gasteiger partial charge in [-0.25, -0.2) is 4.79 Å². The van der Waals surface area contributed by atoms with Crippen molar-refractivity contribution in [2.45, 2.75) is 45.8 Å². The van der Waals surface area contributed by atoms with Crippen LogP contribution in [-0.2, 0) is 4.74 Å². The zero-order valence-corrected chi connectivity index (χ0v) is 13.7. The van der Waals surface area contributed by atoms with Crippen molar-refractivity contribution in [3.8, 4) is 5.75 Å². The molecule has 0 fully saturated rings. The van der Waals surface area contributed by atoms with E-state index < -0.39 is 11.7 Å². The molecule has 1 rings (SSSR count). The van der Waals surface area contributed by atoms with Crippen molar-refractivity contribution in [2.24, 2.45) is 0 Å². The smallest absolute Gasteiger partial charge is 0.407 e. The summed E-state index contributed by atoms with van der Waals surface area (Å²) in [5.74, 6) is 0.810. The standard InChI is InChI=1S/C16H26N2O3/c1-15(2,3)21-14(19)17-11-16(4,5)18-12-7-9-13(20-6)10-8-12/h7-10,18H,11H2,1-6H3,(H,17,19). The summed E-state index contributed by atoms with van der Waals surface area (Å²) in [7, 11) is 1.64. The third-order valence-electron chi connectivity index (χ3n) is 2.65. The van der Waals surface area contributed by atoms with E-state index in [1.54, 1.807) is 7.11 Å². The van der Waals surface area contributed by atoms with Crippen LogP contribution in [0.2, 0.25) is 0 Å². The van der Waals surface area contributed by atoms with Crippen LogP contribution in [0.3, 0.4) is 0 Å². The second-order valence-corrected chi connectivity index (χ2v) is 6.59. The molecule has 118 valence electrons. The Kier molecular flexibility index (Phi) is 5.47. The van der Waals surface area contributed by atoms with E-state index in [1.807, 2.05) is 58.9 Å². The molecule has 0 saturated heterocycles. The van der Waals surface area contributed by atoms with Gasteiger partial charge in [-0.2, -0.15) is 0 Å². The zero-order valence-electron chi connectivity index (χ0n) is 13.7. The van der Waals surface area contributed by atoms with Crippen LogP contribution >= 0.6 is 0 Å². The first-order chi connectivity index (χ1) is 9.61. The molecular formula is C16H26N2O3. The van der Waals surface area contributed by atoms with Crippen molar-refractivity contribution in [1.82, 2.24) is 5.32 Å². The van der Waals surface area contributed by atoms with Crippen LogP contribution in [0.15, 0.2) is 24.3 Å². The fraction of sp³-hybridized carbons (Fsp3) is 0.562. The van der Waals surface area contributed by atoms with Crippen molar-refractivity contribution in [3.05, 3.63) is 24.3 Å². The summed E-state index contributed by atoms with van der Waals surface area (Å²) in [6, 6.07) is 7.65. The lowest BCUT2D eigenvalue weighted by atomic mass is 10.1. The summed E-state index contributed by atoms with van der Waals surface area (Å²) in [5, 5.41) is 6.14. The maximum atomic E-state index is 11.7. The molecule has 1 aromatic carbocycles. The third kappa shape index (κ3) is 6.88. The normalized spacial score (nSPS) is 11.7. The number of anilines is 1. The fourth-order valence-electron chi connectivity index (χ4n) is 1.72. The minimum atomic E-state index is -0.488. The summed E-state index contributed by atoms with van der Waals surface area (Å²) in [4.78, 5) is 11.7. The summed E-state index contributed by atoms with van der Waals surface area (Å²) >= 11 is 0. The molecule has 0 aromatic heterocycles. The molecule has 0 saturated carbocycles. The summed E-state index contributed by atoms with van der Waals surface area (Å²) in [6.45, 7) is 9.99. The molecule has 0 heterocycles. The van der Waals surface area contributed by atoms with Gasteiger partial charge in [0.15, 0.2) is 0 Å². The predicted octanol–water partition coefficient (Wildman–Crippen LogP) is 3.41. The zero-order chi connectivity index (χ0) is 16.1. The number of benzene rings is 1. The van der Waals surface area contributed by atoms with E-state index in [-0.39, 0.29) is 5.54 Å². The van der Waals surface area contributed by atoms with Gasteiger partial charge < -0.3 is 20.1 Å². The van der Waals surface area contributed by atoms with E-state index >= 15 is 0 Å². The number of nitrogens with one attached hydrogen (secondary N) is 2. The monoisotopic (exact) mass is 294 g/mol. The highest BCUT2D eigenvalue weighted by atomic mass is 16.6. The van der Waals surface area contributed by atoms with Crippen molar-refractivity contribution >= 4 is 11.8 Å². The molecule has 0 spiro atoms. The van der Waals surface area contributed by atoms with Gasteiger partial charge >= 0.3 is 6.09 Å². The molecule has 1 amide bonds. The number of methoxy groups -OCH3 is 1. The molecule has 0 unspecified atom stereocenters. The average molecular weight is 294 g/mol. The first-order valence-electron chi connectivity index (χ1n) is 7.00. The van der Waals surface area contributed by atoms with Crippen LogP contribution in [0.1, 0.15) is 34.6 Å². The highest BCUT2D eigenvalue weighted by Gasteiger charge is 2.21. The Bertz CT molecular complexity index is 461. The molecule has 0 aliphatic carbocycles. The van der Waals surface area contributed by atoms with Gasteiger partial charge in [-0.3, -0.25) is 0 Å². The fourth-order valence-corrected chi connectivity index (χ4v) is 1.72. The number of carbonyl (C=O) groups excluding carboxylic acids is 1. The Labute approximate surface area is 127 Å². The highest BCUT2D eigenvalue weighted by Crippen LogP contribution is 2.18. The second-order valence-electron chi connectivity index (χ2n) is 6.59. The largest absolute Gasteiger partial charge is 0.497 e. The van der Waals surface area contributed by atoms with E-state index in [9.17, 15) is 4.79 Å². The molecule has 21 heavy (non-hydrogen) atoms. The number of rotatable bonds is 5. The average Bonchev–Trinajstić information content (AvgIpc) is 2.35. The van der Waals surface area contributed by atoms with Gasteiger partial charge in [-0.15, -0.1) is 0 Å². The molecule has 5 nitrogen and oxygen atoms in total. The number of carbonyl (C=O) groups is 1. The third-order valence-corrected chi connectivity index (χ3v) is 2.65. The number of hydrogen-bond acceptors (Lipinski definition) is 4. The number of amides is 1. The lowest BCUT2D eigenvalue weighted by Crippen LogP contribution is -2.45. The van der Waals surface area contributed by atoms with Gasteiger partial charge in [0.25, 0.3) is 0 Å². The molecule has 0 aliphatic rings. The van der Waals surface area contributed by atoms with Gasteiger partial charge in [0.05, 0.1) is 7.11 Å². The minimum Gasteiger partial charge on any atom is -0.497 e. The quantitative estimate of drug-likeness (QED) is 0.873. The Balaban J connectivity index is 2.51. The second kappa shape index (κ2) is 6.70. The lowest BCUT2D eigenvalue weighted by Gasteiger charge is -2.29. The van der Waals surface area contributed by atoms with E-state index in [2.05, 4.69) is 10.6 Å². The minimum absolute atomic E-state index is 0.300.